The molecule has 0 atom stereocenters. The van der Waals surface area contributed by atoms with E-state index in [2.05, 4.69) is 43.8 Å². The van der Waals surface area contributed by atoms with Gasteiger partial charge in [-0.25, -0.2) is 0 Å². The molecule has 1 nitrogen and oxygen atoms in total. The summed E-state index contributed by atoms with van der Waals surface area (Å²) in [6, 6.07) is 10.5. The molecule has 0 aliphatic heterocycles. The average molecular weight is 268 g/mol. The van der Waals surface area contributed by atoms with Gasteiger partial charge in [-0.3, -0.25) is 4.79 Å². The summed E-state index contributed by atoms with van der Waals surface area (Å²) < 4.78 is 0. The first-order valence-electron chi connectivity index (χ1n) is 7.16. The Morgan fingerprint density at radius 3 is 2.45 bits per heavy atom. The summed E-state index contributed by atoms with van der Waals surface area (Å²) in [6.45, 7) is 7.49. The third-order valence-corrected chi connectivity index (χ3v) is 3.33. The fourth-order valence-electron chi connectivity index (χ4n) is 2.01. The molecule has 0 radical (unpaired) electrons. The van der Waals surface area contributed by atoms with Crippen molar-refractivity contribution >= 4 is 5.78 Å². The van der Waals surface area contributed by atoms with Crippen molar-refractivity contribution in [1.82, 2.24) is 0 Å². The maximum absolute atomic E-state index is 11.3. The number of rotatable bonds is 8. The maximum Gasteiger partial charge on any atom is 0.180 e. The van der Waals surface area contributed by atoms with E-state index in [-0.39, 0.29) is 5.78 Å². The molecule has 0 unspecified atom stereocenters. The molecule has 0 bridgehead atoms. The van der Waals surface area contributed by atoms with Crippen LogP contribution in [-0.2, 0) is 11.2 Å². The van der Waals surface area contributed by atoms with E-state index in [1.54, 1.807) is 0 Å². The summed E-state index contributed by atoms with van der Waals surface area (Å²) in [7, 11) is 0. The van der Waals surface area contributed by atoms with Gasteiger partial charge in [0.25, 0.3) is 0 Å². The Morgan fingerprint density at radius 1 is 1.10 bits per heavy atom. The third-order valence-electron chi connectivity index (χ3n) is 3.33. The van der Waals surface area contributed by atoms with Crippen LogP contribution in [0.1, 0.15) is 38.7 Å². The molecule has 0 fully saturated rings. The molecule has 0 heterocycles. The number of carbonyl (C=O) groups is 1. The summed E-state index contributed by atoms with van der Waals surface area (Å²) in [5, 5.41) is 0. The third kappa shape index (κ3) is 6.33. The van der Waals surface area contributed by atoms with E-state index in [0.717, 1.165) is 31.3 Å². The lowest BCUT2D eigenvalue weighted by Crippen LogP contribution is -1.93. The van der Waals surface area contributed by atoms with Gasteiger partial charge in [0.05, 0.1) is 0 Å². The fourth-order valence-corrected chi connectivity index (χ4v) is 2.01. The van der Waals surface area contributed by atoms with Gasteiger partial charge >= 0.3 is 0 Å². The average Bonchev–Trinajstić information content (AvgIpc) is 2.47. The predicted molar refractivity (Wildman–Crippen MR) is 86.7 cm³/mol. The van der Waals surface area contributed by atoms with Crippen LogP contribution in [0, 0.1) is 0 Å². The number of hydrogen-bond donors (Lipinski definition) is 0. The van der Waals surface area contributed by atoms with Crippen molar-refractivity contribution in [3.63, 3.8) is 0 Å². The first-order valence-corrected chi connectivity index (χ1v) is 7.16. The van der Waals surface area contributed by atoms with Crippen LogP contribution in [0.15, 0.2) is 66.3 Å². The monoisotopic (exact) mass is 268 g/mol. The van der Waals surface area contributed by atoms with Gasteiger partial charge in [-0.15, -0.1) is 0 Å². The zero-order valence-corrected chi connectivity index (χ0v) is 12.6. The molecule has 1 heteroatoms. The number of benzene rings is 1. The first kappa shape index (κ1) is 16.2. The lowest BCUT2D eigenvalue weighted by molar-refractivity contribution is -0.111. The Morgan fingerprint density at radius 2 is 1.80 bits per heavy atom. The minimum Gasteiger partial charge on any atom is -0.290 e. The van der Waals surface area contributed by atoms with Crippen molar-refractivity contribution in [3.8, 4) is 0 Å². The highest BCUT2D eigenvalue weighted by Crippen LogP contribution is 2.10. The van der Waals surface area contributed by atoms with Crippen molar-refractivity contribution in [2.24, 2.45) is 0 Å². The van der Waals surface area contributed by atoms with Crippen LogP contribution >= 0.6 is 0 Å². The van der Waals surface area contributed by atoms with Gasteiger partial charge in [-0.05, 0) is 56.7 Å². The van der Waals surface area contributed by atoms with E-state index < -0.39 is 0 Å². The maximum atomic E-state index is 11.3. The number of carbonyl (C=O) groups excluding carboxylic acids is 1. The van der Waals surface area contributed by atoms with Crippen molar-refractivity contribution in [3.05, 3.63) is 71.8 Å². The second-order valence-corrected chi connectivity index (χ2v) is 5.07. The van der Waals surface area contributed by atoms with Crippen molar-refractivity contribution in [2.45, 2.75) is 39.5 Å². The summed E-state index contributed by atoms with van der Waals surface area (Å²) in [4.78, 5) is 11.3. The molecule has 1 aromatic rings. The molecule has 1 rings (SSSR count). The number of ketones is 1. The van der Waals surface area contributed by atoms with Gasteiger partial charge in [-0.1, -0.05) is 54.6 Å². The van der Waals surface area contributed by atoms with Gasteiger partial charge in [0, 0.05) is 0 Å². The highest BCUT2D eigenvalue weighted by Gasteiger charge is 1.97. The van der Waals surface area contributed by atoms with Crippen molar-refractivity contribution in [2.75, 3.05) is 0 Å². The predicted octanol–water partition coefficient (Wildman–Crippen LogP) is 5.05. The molecule has 0 spiro atoms. The zero-order valence-electron chi connectivity index (χ0n) is 12.6. The van der Waals surface area contributed by atoms with E-state index in [1.165, 1.54) is 17.2 Å². The van der Waals surface area contributed by atoms with Crippen molar-refractivity contribution < 1.29 is 4.79 Å². The van der Waals surface area contributed by atoms with Gasteiger partial charge < -0.3 is 0 Å². The van der Waals surface area contributed by atoms with Crippen LogP contribution in [0.4, 0.5) is 0 Å². The van der Waals surface area contributed by atoms with Crippen LogP contribution in [-0.4, -0.2) is 5.78 Å². The molecule has 0 saturated heterocycles. The fraction of sp³-hybridized carbons (Fsp3) is 0.316. The summed E-state index contributed by atoms with van der Waals surface area (Å²) in [6.07, 6.45) is 9.75. The van der Waals surface area contributed by atoms with Crippen LogP contribution in [0.5, 0.6) is 0 Å². The summed E-state index contributed by atoms with van der Waals surface area (Å²) in [5.74, 6) is 0.0238. The van der Waals surface area contributed by atoms with Crippen LogP contribution in [0.2, 0.25) is 0 Å². The van der Waals surface area contributed by atoms with Gasteiger partial charge in [0.15, 0.2) is 5.78 Å². The van der Waals surface area contributed by atoms with Crippen molar-refractivity contribution in [1.29, 1.82) is 0 Å². The van der Waals surface area contributed by atoms with Gasteiger partial charge in [-0.2, -0.15) is 0 Å². The summed E-state index contributed by atoms with van der Waals surface area (Å²) >= 11 is 0. The Labute approximate surface area is 122 Å². The number of hydrogen-bond acceptors (Lipinski definition) is 1. The van der Waals surface area contributed by atoms with Crippen LogP contribution in [0.3, 0.4) is 0 Å². The van der Waals surface area contributed by atoms with Gasteiger partial charge in [0.2, 0.25) is 0 Å². The molecule has 20 heavy (non-hydrogen) atoms. The topological polar surface area (TPSA) is 17.1 Å². The molecule has 0 aromatic heterocycles. The molecule has 0 aliphatic rings. The van der Waals surface area contributed by atoms with E-state index in [0.29, 0.717) is 0 Å². The minimum atomic E-state index is 0.0238. The Balaban J connectivity index is 2.32. The second kappa shape index (κ2) is 9.08. The molecule has 106 valence electrons. The zero-order chi connectivity index (χ0) is 14.8. The minimum absolute atomic E-state index is 0.0238. The van der Waals surface area contributed by atoms with E-state index in [4.69, 9.17) is 0 Å². The van der Waals surface area contributed by atoms with E-state index in [9.17, 15) is 4.79 Å². The molecule has 0 aliphatic carbocycles. The Hall–Kier alpha value is -1.89. The highest BCUT2D eigenvalue weighted by molar-refractivity contribution is 6.02. The number of aryl methyl sites for hydroxylation is 1. The highest BCUT2D eigenvalue weighted by atomic mass is 16.1. The lowest BCUT2D eigenvalue weighted by Gasteiger charge is -2.01. The lowest BCUT2D eigenvalue weighted by atomic mass is 10.0. The normalized spacial score (nSPS) is 12.3. The summed E-state index contributed by atoms with van der Waals surface area (Å²) in [5.41, 5.74) is 3.55. The first-order chi connectivity index (χ1) is 9.63. The molecule has 1 aromatic carbocycles. The molecule has 0 amide bonds. The molecular weight excluding hydrogens is 244 g/mol. The largest absolute Gasteiger partial charge is 0.290 e. The van der Waals surface area contributed by atoms with E-state index in [1.807, 2.05) is 19.1 Å². The Kier molecular flexibility index (Phi) is 7.34. The molecule has 0 saturated carbocycles. The smallest absolute Gasteiger partial charge is 0.180 e. The molecular formula is C19H24O. The van der Waals surface area contributed by atoms with Crippen LogP contribution < -0.4 is 0 Å². The quantitative estimate of drug-likeness (QED) is 0.476. The van der Waals surface area contributed by atoms with Crippen LogP contribution in [0.25, 0.3) is 0 Å². The number of allylic oxidation sites excluding steroid dienone is 5. The Bertz CT molecular complexity index is 492. The second-order valence-electron chi connectivity index (χ2n) is 5.07. The van der Waals surface area contributed by atoms with Gasteiger partial charge in [0.1, 0.15) is 0 Å². The van der Waals surface area contributed by atoms with E-state index >= 15 is 0 Å². The SMILES string of the molecule is C=CC(=O)/C(C)=C/CC/C(C)=C/CCc1ccccc1. The standard InChI is InChI=1S/C19H24O/c1-4-19(20)17(3)12-8-10-16(2)11-9-15-18-13-6-5-7-14-18/h4-7,11-14H,1,8-10,15H2,2-3H3/b16-11+,17-12+. The molecule has 0 N–H and O–H groups in total.